The molecule has 0 unspecified atom stereocenters. The number of amides is 1. The van der Waals surface area contributed by atoms with E-state index in [2.05, 4.69) is 35.9 Å². The fourth-order valence-electron chi connectivity index (χ4n) is 3.34. The van der Waals surface area contributed by atoms with Gasteiger partial charge in [-0.1, -0.05) is 0 Å². The number of likely N-dealkylation sites (N-methyl/N-ethyl adjacent to an activating group) is 1. The Labute approximate surface area is 164 Å². The quantitative estimate of drug-likeness (QED) is 0.706. The van der Waals surface area contributed by atoms with Gasteiger partial charge in [0.1, 0.15) is 11.5 Å². The SMILES string of the molecule is Cc1nc(NC2CC(Nc3ccnc(C(F)(F)F)n3)C2)nc2c1NC(=O)CN2C. The molecule has 0 saturated heterocycles. The molecule has 2 aromatic heterocycles. The molecule has 2 aromatic rings. The third-order valence-corrected chi connectivity index (χ3v) is 4.81. The van der Waals surface area contributed by atoms with E-state index in [-0.39, 0.29) is 30.4 Å². The largest absolute Gasteiger partial charge is 0.451 e. The van der Waals surface area contributed by atoms with Crippen molar-refractivity contribution >= 4 is 29.2 Å². The van der Waals surface area contributed by atoms with Crippen molar-refractivity contribution in [3.63, 3.8) is 0 Å². The van der Waals surface area contributed by atoms with E-state index in [9.17, 15) is 18.0 Å². The number of aryl methyl sites for hydroxylation is 1. The molecule has 4 rings (SSSR count). The van der Waals surface area contributed by atoms with Crippen molar-refractivity contribution in [3.05, 3.63) is 23.8 Å². The zero-order valence-corrected chi connectivity index (χ0v) is 15.7. The summed E-state index contributed by atoms with van der Waals surface area (Å²) in [7, 11) is 1.79. The smallest absolute Gasteiger partial charge is 0.367 e. The van der Waals surface area contributed by atoms with E-state index in [1.54, 1.807) is 18.9 Å². The Morgan fingerprint density at radius 3 is 2.62 bits per heavy atom. The molecule has 0 atom stereocenters. The second kappa shape index (κ2) is 7.01. The lowest BCUT2D eigenvalue weighted by Gasteiger charge is -2.37. The molecule has 154 valence electrons. The zero-order chi connectivity index (χ0) is 20.8. The first-order valence-corrected chi connectivity index (χ1v) is 9.02. The van der Waals surface area contributed by atoms with Crippen molar-refractivity contribution in [1.29, 1.82) is 0 Å². The lowest BCUT2D eigenvalue weighted by molar-refractivity contribution is -0.144. The fraction of sp³-hybridized carbons (Fsp3) is 0.471. The van der Waals surface area contributed by atoms with Crippen molar-refractivity contribution < 1.29 is 18.0 Å². The molecular formula is C17H19F3N8O. The Bertz CT molecular complexity index is 945. The summed E-state index contributed by atoms with van der Waals surface area (Å²) in [5.74, 6) is -0.0262. The van der Waals surface area contributed by atoms with Gasteiger partial charge in [0, 0.05) is 25.3 Å². The summed E-state index contributed by atoms with van der Waals surface area (Å²) in [5, 5.41) is 9.01. The zero-order valence-electron chi connectivity index (χ0n) is 15.7. The molecule has 1 saturated carbocycles. The van der Waals surface area contributed by atoms with Gasteiger partial charge in [0.2, 0.25) is 17.7 Å². The van der Waals surface area contributed by atoms with Gasteiger partial charge in [0.25, 0.3) is 0 Å². The van der Waals surface area contributed by atoms with Crippen molar-refractivity contribution in [2.45, 2.75) is 38.0 Å². The predicted molar refractivity (Wildman–Crippen MR) is 99.8 cm³/mol. The van der Waals surface area contributed by atoms with E-state index in [0.717, 1.165) is 6.20 Å². The van der Waals surface area contributed by atoms with Crippen LogP contribution in [0.2, 0.25) is 0 Å². The summed E-state index contributed by atoms with van der Waals surface area (Å²) < 4.78 is 38.1. The Morgan fingerprint density at radius 2 is 1.90 bits per heavy atom. The maximum Gasteiger partial charge on any atom is 0.451 e. The van der Waals surface area contributed by atoms with E-state index in [1.807, 2.05) is 0 Å². The van der Waals surface area contributed by atoms with Crippen LogP contribution in [0.3, 0.4) is 0 Å². The minimum absolute atomic E-state index is 0.0100. The van der Waals surface area contributed by atoms with Gasteiger partial charge in [-0.05, 0) is 25.8 Å². The van der Waals surface area contributed by atoms with Crippen molar-refractivity contribution in [2.75, 3.05) is 34.4 Å². The topological polar surface area (TPSA) is 108 Å². The number of carbonyl (C=O) groups is 1. The highest BCUT2D eigenvalue weighted by Gasteiger charge is 2.35. The van der Waals surface area contributed by atoms with Gasteiger partial charge in [0.15, 0.2) is 5.82 Å². The number of halogens is 3. The van der Waals surface area contributed by atoms with Crippen LogP contribution in [0.15, 0.2) is 12.3 Å². The number of rotatable bonds is 4. The third-order valence-electron chi connectivity index (χ3n) is 4.81. The molecule has 0 spiro atoms. The average Bonchev–Trinajstić information content (AvgIpc) is 2.60. The van der Waals surface area contributed by atoms with Gasteiger partial charge < -0.3 is 20.9 Å². The number of hydrogen-bond donors (Lipinski definition) is 3. The molecular weight excluding hydrogens is 389 g/mol. The highest BCUT2D eigenvalue weighted by molar-refractivity contribution is 6.00. The molecule has 3 N–H and O–H groups in total. The molecule has 1 aliphatic heterocycles. The number of aromatic nitrogens is 4. The number of nitrogens with zero attached hydrogens (tertiary/aromatic N) is 5. The van der Waals surface area contributed by atoms with Gasteiger partial charge in [-0.2, -0.15) is 18.2 Å². The second-order valence-electron chi connectivity index (χ2n) is 7.15. The minimum atomic E-state index is -4.57. The molecule has 12 heteroatoms. The van der Waals surface area contributed by atoms with Gasteiger partial charge >= 0.3 is 6.18 Å². The van der Waals surface area contributed by atoms with Crippen LogP contribution in [0.25, 0.3) is 0 Å². The van der Waals surface area contributed by atoms with Crippen molar-refractivity contribution in [3.8, 4) is 0 Å². The van der Waals surface area contributed by atoms with Crippen LogP contribution >= 0.6 is 0 Å². The Kier molecular flexibility index (Phi) is 4.63. The third kappa shape index (κ3) is 4.00. The fourth-order valence-corrected chi connectivity index (χ4v) is 3.34. The molecule has 2 aliphatic rings. The van der Waals surface area contributed by atoms with Crippen molar-refractivity contribution in [1.82, 2.24) is 19.9 Å². The van der Waals surface area contributed by atoms with Gasteiger partial charge in [0.05, 0.1) is 12.2 Å². The lowest BCUT2D eigenvalue weighted by Crippen LogP contribution is -2.44. The molecule has 9 nitrogen and oxygen atoms in total. The van der Waals surface area contributed by atoms with Crippen LogP contribution in [0.1, 0.15) is 24.4 Å². The first kappa shape index (κ1) is 19.2. The molecule has 3 heterocycles. The predicted octanol–water partition coefficient (Wildman–Crippen LogP) is 2.04. The summed E-state index contributed by atoms with van der Waals surface area (Å²) in [6.07, 6.45) is -2.13. The maximum atomic E-state index is 12.7. The van der Waals surface area contributed by atoms with Gasteiger partial charge in [-0.15, -0.1) is 0 Å². The van der Waals surface area contributed by atoms with E-state index in [1.165, 1.54) is 6.07 Å². The monoisotopic (exact) mass is 408 g/mol. The van der Waals surface area contributed by atoms with E-state index in [4.69, 9.17) is 0 Å². The second-order valence-corrected chi connectivity index (χ2v) is 7.15. The number of hydrogen-bond acceptors (Lipinski definition) is 8. The summed E-state index contributed by atoms with van der Waals surface area (Å²) in [6.45, 7) is 2.01. The Hall–Kier alpha value is -3.18. The molecule has 29 heavy (non-hydrogen) atoms. The molecule has 0 aromatic carbocycles. The standard InChI is InChI=1S/C17H19F3N8O/c1-8-13-14(28(2)7-12(29)26-13)27-16(22-8)24-10-5-9(6-10)23-11-3-4-21-15(25-11)17(18,19)20/h3-4,9-10H,5-7H2,1-2H3,(H,26,29)(H,21,23,25)(H,22,24,27). The Balaban J connectivity index is 1.36. The van der Waals surface area contributed by atoms with Crippen LogP contribution in [0.5, 0.6) is 0 Å². The van der Waals surface area contributed by atoms with Gasteiger partial charge in [-0.25, -0.2) is 15.0 Å². The molecule has 1 aliphatic carbocycles. The number of carbonyl (C=O) groups excluding carboxylic acids is 1. The van der Waals surface area contributed by atoms with E-state index in [0.29, 0.717) is 36.0 Å². The van der Waals surface area contributed by atoms with Crippen LogP contribution in [-0.4, -0.2) is 51.5 Å². The number of anilines is 4. The van der Waals surface area contributed by atoms with E-state index >= 15 is 0 Å². The van der Waals surface area contributed by atoms with Crippen LogP contribution < -0.4 is 20.9 Å². The molecule has 0 radical (unpaired) electrons. The van der Waals surface area contributed by atoms with Crippen molar-refractivity contribution in [2.24, 2.45) is 0 Å². The highest BCUT2D eigenvalue weighted by Crippen LogP contribution is 2.32. The first-order valence-electron chi connectivity index (χ1n) is 9.02. The van der Waals surface area contributed by atoms with Gasteiger partial charge in [-0.3, -0.25) is 4.79 Å². The minimum Gasteiger partial charge on any atom is -0.367 e. The average molecular weight is 408 g/mol. The molecule has 1 amide bonds. The molecule has 0 bridgehead atoms. The summed E-state index contributed by atoms with van der Waals surface area (Å²) in [5.41, 5.74) is 1.26. The summed E-state index contributed by atoms with van der Waals surface area (Å²) in [4.78, 5) is 29.1. The normalized spacial score (nSPS) is 21.1. The summed E-state index contributed by atoms with van der Waals surface area (Å²) >= 11 is 0. The number of alkyl halides is 3. The molecule has 1 fully saturated rings. The lowest BCUT2D eigenvalue weighted by atomic mass is 9.87. The first-order chi connectivity index (χ1) is 13.7. The van der Waals surface area contributed by atoms with Crippen LogP contribution in [0.4, 0.5) is 36.4 Å². The van der Waals surface area contributed by atoms with Crippen LogP contribution in [-0.2, 0) is 11.0 Å². The van der Waals surface area contributed by atoms with Crippen LogP contribution in [0, 0.1) is 6.92 Å². The van der Waals surface area contributed by atoms with E-state index < -0.39 is 12.0 Å². The summed E-state index contributed by atoms with van der Waals surface area (Å²) in [6, 6.07) is 1.48. The number of nitrogens with one attached hydrogen (secondary N) is 3. The maximum absolute atomic E-state index is 12.7. The highest BCUT2D eigenvalue weighted by atomic mass is 19.4. The number of fused-ring (bicyclic) bond motifs is 1. The Morgan fingerprint density at radius 1 is 1.17 bits per heavy atom.